The number of rotatable bonds is 2. The summed E-state index contributed by atoms with van der Waals surface area (Å²) in [6, 6.07) is 0. The average molecular weight is 247 g/mol. The summed E-state index contributed by atoms with van der Waals surface area (Å²) in [4.78, 5) is 1.77. The first-order chi connectivity index (χ1) is 4.18. The SMILES string of the molecule is FC(F)CN1CC(I)C1. The van der Waals surface area contributed by atoms with Crippen LogP contribution >= 0.6 is 22.6 Å². The van der Waals surface area contributed by atoms with Gasteiger partial charge in [-0.2, -0.15) is 0 Å². The molecule has 0 saturated carbocycles. The first-order valence-electron chi connectivity index (χ1n) is 2.83. The van der Waals surface area contributed by atoms with Crippen LogP contribution in [-0.4, -0.2) is 34.9 Å². The molecule has 0 spiro atoms. The molecule has 1 saturated heterocycles. The van der Waals surface area contributed by atoms with Crippen molar-refractivity contribution in [1.29, 1.82) is 0 Å². The van der Waals surface area contributed by atoms with Crippen molar-refractivity contribution in [2.24, 2.45) is 0 Å². The van der Waals surface area contributed by atoms with E-state index < -0.39 is 6.43 Å². The minimum atomic E-state index is -2.16. The molecule has 0 bridgehead atoms. The third-order valence-electron chi connectivity index (χ3n) is 1.31. The Balaban J connectivity index is 2.04. The summed E-state index contributed by atoms with van der Waals surface area (Å²) in [5.74, 6) is 0. The summed E-state index contributed by atoms with van der Waals surface area (Å²) in [6.45, 7) is 1.63. The highest BCUT2D eigenvalue weighted by Gasteiger charge is 2.25. The summed E-state index contributed by atoms with van der Waals surface area (Å²) in [5.41, 5.74) is 0. The lowest BCUT2D eigenvalue weighted by Gasteiger charge is -2.35. The number of hydrogen-bond donors (Lipinski definition) is 0. The molecule has 0 aliphatic carbocycles. The molecule has 4 heteroatoms. The molecule has 1 aliphatic rings. The van der Waals surface area contributed by atoms with Gasteiger partial charge in [0.15, 0.2) is 0 Å². The highest BCUT2D eigenvalue weighted by molar-refractivity contribution is 14.1. The van der Waals surface area contributed by atoms with Gasteiger partial charge in [-0.3, -0.25) is 4.90 Å². The Morgan fingerprint density at radius 1 is 1.56 bits per heavy atom. The van der Waals surface area contributed by atoms with E-state index in [2.05, 4.69) is 22.6 Å². The fraction of sp³-hybridized carbons (Fsp3) is 1.00. The summed E-state index contributed by atoms with van der Waals surface area (Å²) < 4.78 is 23.8. The molecule has 0 radical (unpaired) electrons. The van der Waals surface area contributed by atoms with Gasteiger partial charge in [-0.15, -0.1) is 0 Å². The topological polar surface area (TPSA) is 3.24 Å². The van der Waals surface area contributed by atoms with Crippen LogP contribution < -0.4 is 0 Å². The van der Waals surface area contributed by atoms with Gasteiger partial charge in [0.2, 0.25) is 0 Å². The molecule has 0 amide bonds. The Kier molecular flexibility index (Phi) is 2.63. The summed E-state index contributed by atoms with van der Waals surface area (Å²) in [6.07, 6.45) is -2.16. The van der Waals surface area contributed by atoms with Gasteiger partial charge in [0, 0.05) is 17.0 Å². The van der Waals surface area contributed by atoms with Crippen LogP contribution in [0.5, 0.6) is 0 Å². The zero-order valence-electron chi connectivity index (χ0n) is 4.86. The fourth-order valence-electron chi connectivity index (χ4n) is 0.851. The maximum absolute atomic E-state index is 11.6. The molecule has 1 rings (SSSR count). The number of halogens is 3. The highest BCUT2D eigenvalue weighted by Crippen LogP contribution is 2.16. The van der Waals surface area contributed by atoms with E-state index in [1.54, 1.807) is 4.90 Å². The van der Waals surface area contributed by atoms with Crippen LogP contribution in [0.4, 0.5) is 8.78 Å². The summed E-state index contributed by atoms with van der Waals surface area (Å²) >= 11 is 2.27. The van der Waals surface area contributed by atoms with E-state index in [-0.39, 0.29) is 6.54 Å². The maximum Gasteiger partial charge on any atom is 0.251 e. The lowest BCUT2D eigenvalue weighted by molar-refractivity contribution is 0.0645. The van der Waals surface area contributed by atoms with Crippen LogP contribution in [0, 0.1) is 0 Å². The molecule has 0 unspecified atom stereocenters. The number of likely N-dealkylation sites (tertiary alicyclic amines) is 1. The third-order valence-corrected chi connectivity index (χ3v) is 2.10. The summed E-state index contributed by atoms with van der Waals surface area (Å²) in [5, 5.41) is 0. The molecule has 54 valence electrons. The zero-order chi connectivity index (χ0) is 6.85. The van der Waals surface area contributed by atoms with Gasteiger partial charge in [0.05, 0.1) is 6.54 Å². The highest BCUT2D eigenvalue weighted by atomic mass is 127. The fourth-order valence-corrected chi connectivity index (χ4v) is 1.97. The predicted molar refractivity (Wildman–Crippen MR) is 40.3 cm³/mol. The lowest BCUT2D eigenvalue weighted by atomic mass is 10.2. The largest absolute Gasteiger partial charge is 0.296 e. The standard InChI is InChI=1S/C5H8F2IN/c6-5(7)3-9-1-4(8)2-9/h4-5H,1-3H2. The van der Waals surface area contributed by atoms with E-state index in [1.165, 1.54) is 0 Å². The Hall–Kier alpha value is 0.550. The smallest absolute Gasteiger partial charge is 0.251 e. The third kappa shape index (κ3) is 2.33. The Morgan fingerprint density at radius 3 is 2.44 bits per heavy atom. The second-order valence-corrected chi connectivity index (χ2v) is 3.97. The Bertz CT molecular complexity index is 93.0. The van der Waals surface area contributed by atoms with Crippen LogP contribution in [0.15, 0.2) is 0 Å². The molecule has 1 nitrogen and oxygen atoms in total. The van der Waals surface area contributed by atoms with Crippen molar-refractivity contribution in [3.63, 3.8) is 0 Å². The van der Waals surface area contributed by atoms with Crippen molar-refractivity contribution in [2.45, 2.75) is 10.4 Å². The molecule has 1 fully saturated rings. The van der Waals surface area contributed by atoms with Gasteiger partial charge < -0.3 is 0 Å². The first-order valence-corrected chi connectivity index (χ1v) is 4.07. The van der Waals surface area contributed by atoms with Gasteiger partial charge in [0.25, 0.3) is 6.43 Å². The molecular formula is C5H8F2IN. The lowest BCUT2D eigenvalue weighted by Crippen LogP contribution is -2.49. The summed E-state index contributed by atoms with van der Waals surface area (Å²) in [7, 11) is 0. The number of hydrogen-bond acceptors (Lipinski definition) is 1. The van der Waals surface area contributed by atoms with Crippen molar-refractivity contribution in [3.05, 3.63) is 0 Å². The molecule has 1 aliphatic heterocycles. The second-order valence-electron chi connectivity index (χ2n) is 2.21. The number of alkyl halides is 3. The van der Waals surface area contributed by atoms with Crippen molar-refractivity contribution >= 4 is 22.6 Å². The average Bonchev–Trinajstić information content (AvgIpc) is 1.60. The van der Waals surface area contributed by atoms with Crippen LogP contribution in [0.1, 0.15) is 0 Å². The minimum Gasteiger partial charge on any atom is -0.296 e. The van der Waals surface area contributed by atoms with E-state index in [0.29, 0.717) is 3.92 Å². The van der Waals surface area contributed by atoms with Crippen LogP contribution in [-0.2, 0) is 0 Å². The molecule has 0 atom stereocenters. The number of nitrogens with zero attached hydrogens (tertiary/aromatic N) is 1. The van der Waals surface area contributed by atoms with E-state index in [4.69, 9.17) is 0 Å². The van der Waals surface area contributed by atoms with Crippen molar-refractivity contribution < 1.29 is 8.78 Å². The van der Waals surface area contributed by atoms with E-state index >= 15 is 0 Å². The van der Waals surface area contributed by atoms with Gasteiger partial charge in [-0.1, -0.05) is 22.6 Å². The molecule has 0 aromatic heterocycles. The molecule has 0 N–H and O–H groups in total. The predicted octanol–water partition coefficient (Wildman–Crippen LogP) is 1.37. The Labute approximate surface area is 66.5 Å². The molecule has 1 heterocycles. The van der Waals surface area contributed by atoms with E-state index in [9.17, 15) is 8.78 Å². The van der Waals surface area contributed by atoms with Crippen molar-refractivity contribution in [2.75, 3.05) is 19.6 Å². The van der Waals surface area contributed by atoms with E-state index in [0.717, 1.165) is 13.1 Å². The van der Waals surface area contributed by atoms with Gasteiger partial charge in [-0.25, -0.2) is 8.78 Å². The van der Waals surface area contributed by atoms with Crippen LogP contribution in [0.3, 0.4) is 0 Å². The van der Waals surface area contributed by atoms with Crippen LogP contribution in [0.2, 0.25) is 0 Å². The van der Waals surface area contributed by atoms with Crippen molar-refractivity contribution in [1.82, 2.24) is 4.90 Å². The monoisotopic (exact) mass is 247 g/mol. The Morgan fingerprint density at radius 2 is 2.11 bits per heavy atom. The molecule has 0 aromatic carbocycles. The first kappa shape index (κ1) is 7.65. The normalized spacial score (nSPS) is 22.7. The van der Waals surface area contributed by atoms with Gasteiger partial charge in [0.1, 0.15) is 0 Å². The second kappa shape index (κ2) is 3.09. The molecule has 9 heavy (non-hydrogen) atoms. The minimum absolute atomic E-state index is 0.0422. The quantitative estimate of drug-likeness (QED) is 0.526. The molecule has 0 aromatic rings. The van der Waals surface area contributed by atoms with E-state index in [1.807, 2.05) is 0 Å². The molecular weight excluding hydrogens is 239 g/mol. The van der Waals surface area contributed by atoms with Gasteiger partial charge >= 0.3 is 0 Å². The maximum atomic E-state index is 11.6. The van der Waals surface area contributed by atoms with Gasteiger partial charge in [-0.05, 0) is 0 Å². The van der Waals surface area contributed by atoms with Crippen LogP contribution in [0.25, 0.3) is 0 Å². The van der Waals surface area contributed by atoms with Crippen molar-refractivity contribution in [3.8, 4) is 0 Å². The zero-order valence-corrected chi connectivity index (χ0v) is 7.01.